The normalized spacial score (nSPS) is 19.7. The smallest absolute Gasteiger partial charge is 0.00803 e. The fourth-order valence-electron chi connectivity index (χ4n) is 7.14. The van der Waals surface area contributed by atoms with Crippen LogP contribution in [-0.4, -0.2) is 12.6 Å². The van der Waals surface area contributed by atoms with Crippen molar-refractivity contribution in [2.24, 2.45) is 0 Å². The number of fused-ring (bicyclic) bond motifs is 6. The Bertz CT molecular complexity index is 1760. The Kier molecular flexibility index (Phi) is 7.05. The summed E-state index contributed by atoms with van der Waals surface area (Å²) in [6.07, 6.45) is 17.5. The summed E-state index contributed by atoms with van der Waals surface area (Å²) in [6.45, 7) is 0.450. The van der Waals surface area contributed by atoms with Crippen molar-refractivity contribution in [1.29, 1.82) is 0 Å². The Hall–Kier alpha value is -3.30. The van der Waals surface area contributed by atoms with Crippen LogP contribution in [-0.2, 0) is 12.8 Å². The number of hydrogen-bond acceptors (Lipinski definition) is 0. The fourth-order valence-corrected chi connectivity index (χ4v) is 14.0. The van der Waals surface area contributed by atoms with Crippen LogP contribution in [0.25, 0.3) is 22.3 Å². The molecule has 5 aromatic carbocycles. The molecule has 210 valence electrons. The average molecular weight is 583 g/mol. The van der Waals surface area contributed by atoms with Crippen LogP contribution < -0.4 is 31.8 Å². The second-order valence-corrected chi connectivity index (χ2v) is 18.3. The van der Waals surface area contributed by atoms with Crippen LogP contribution in [0.1, 0.15) is 50.7 Å². The van der Waals surface area contributed by atoms with E-state index in [0.717, 1.165) is 12.8 Å². The van der Waals surface area contributed by atoms with Crippen molar-refractivity contribution >= 4 is 58.2 Å². The van der Waals surface area contributed by atoms with Gasteiger partial charge in [0.25, 0.3) is 0 Å². The van der Waals surface area contributed by atoms with E-state index in [-0.39, 0.29) is 0 Å². The summed E-state index contributed by atoms with van der Waals surface area (Å²) < 4.78 is 0. The average Bonchev–Trinajstić information content (AvgIpc) is 3.44. The molecule has 2 aliphatic rings. The van der Waals surface area contributed by atoms with E-state index in [2.05, 4.69) is 123 Å². The van der Waals surface area contributed by atoms with Gasteiger partial charge in [0.15, 0.2) is 0 Å². The third-order valence-corrected chi connectivity index (χ3v) is 16.6. The summed E-state index contributed by atoms with van der Waals surface area (Å²) in [5.74, 6) is 0. The van der Waals surface area contributed by atoms with Gasteiger partial charge < -0.3 is 0 Å². The van der Waals surface area contributed by atoms with Crippen molar-refractivity contribution in [2.75, 3.05) is 0 Å². The van der Waals surface area contributed by atoms with E-state index in [0.29, 0.717) is 0 Å². The predicted octanol–water partition coefficient (Wildman–Crippen LogP) is 7.78. The summed E-state index contributed by atoms with van der Waals surface area (Å²) in [5, 5.41) is 8.48. The Balaban J connectivity index is 1.51. The maximum Gasteiger partial charge on any atom is -0.00803 e. The first kappa shape index (κ1) is 27.5. The zero-order valence-corrected chi connectivity index (χ0v) is 26.7. The van der Waals surface area contributed by atoms with E-state index >= 15 is 0 Å². The van der Waals surface area contributed by atoms with E-state index in [4.69, 9.17) is 12.6 Å². The minimum Gasteiger partial charge on any atom is -0.0886 e. The van der Waals surface area contributed by atoms with Crippen molar-refractivity contribution in [3.63, 3.8) is 0 Å². The van der Waals surface area contributed by atoms with Crippen LogP contribution in [0.15, 0.2) is 109 Å². The lowest BCUT2D eigenvalue weighted by molar-refractivity contribution is 0.795. The van der Waals surface area contributed by atoms with Crippen LogP contribution in [0, 0.1) is 0 Å². The second-order valence-electron chi connectivity index (χ2n) is 12.1. The SMILES string of the molecule is C=P1(c2ccccc2)c2cc(CCCC)ccc2-c2cc3c(cc21)-c1ccc(CCCC)cc1P3(=C)c1ccccc1. The Labute approximate surface area is 252 Å². The van der Waals surface area contributed by atoms with Crippen LogP contribution in [0.3, 0.4) is 0 Å². The molecule has 0 saturated carbocycles. The lowest BCUT2D eigenvalue weighted by Gasteiger charge is -2.25. The summed E-state index contributed by atoms with van der Waals surface area (Å²) in [4.78, 5) is 0. The molecule has 0 radical (unpaired) electrons. The lowest BCUT2D eigenvalue weighted by atomic mass is 9.98. The van der Waals surface area contributed by atoms with E-state index in [1.807, 2.05) is 0 Å². The molecule has 0 fully saturated rings. The molecule has 0 amide bonds. The quantitative estimate of drug-likeness (QED) is 0.161. The predicted molar refractivity (Wildman–Crippen MR) is 193 cm³/mol. The molecule has 5 aromatic rings. The molecule has 2 atom stereocenters. The van der Waals surface area contributed by atoms with Gasteiger partial charge in [0.1, 0.15) is 0 Å². The van der Waals surface area contributed by atoms with Crippen molar-refractivity contribution in [2.45, 2.75) is 52.4 Å². The first-order chi connectivity index (χ1) is 20.5. The number of hydrogen-bond donors (Lipinski definition) is 0. The van der Waals surface area contributed by atoms with Gasteiger partial charge in [-0.1, -0.05) is 136 Å². The van der Waals surface area contributed by atoms with Crippen LogP contribution >= 0.6 is 13.8 Å². The Morgan fingerprint density at radius 3 is 1.21 bits per heavy atom. The van der Waals surface area contributed by atoms with Crippen molar-refractivity contribution < 1.29 is 0 Å². The van der Waals surface area contributed by atoms with E-state index in [1.165, 1.54) is 90.9 Å². The van der Waals surface area contributed by atoms with E-state index in [1.54, 1.807) is 0 Å². The molecule has 0 N–H and O–H groups in total. The molecule has 0 nitrogen and oxygen atoms in total. The fraction of sp³-hybridized carbons (Fsp3) is 0.200. The summed E-state index contributed by atoms with van der Waals surface area (Å²) >= 11 is 0. The standard InChI is InChI=1S/C40H40P2/c1-5-7-15-29-21-23-33-35-27-40-36(28-39(35)41(3,37(33)25-29)31-17-11-9-12-18-31)34-24-22-30(16-8-6-2)26-38(34)42(40,4)32-19-13-10-14-20-32/h9-14,17-28H,3-8,15-16H2,1-2H3. The summed E-state index contributed by atoms with van der Waals surface area (Å²) in [6, 6.07) is 41.8. The van der Waals surface area contributed by atoms with Gasteiger partial charge in [-0.05, 0) is 117 Å². The third kappa shape index (κ3) is 4.11. The number of rotatable bonds is 8. The maximum absolute atomic E-state index is 5.17. The molecule has 0 aromatic heterocycles. The highest BCUT2D eigenvalue weighted by Crippen LogP contribution is 2.57. The van der Waals surface area contributed by atoms with Crippen LogP contribution in [0.4, 0.5) is 0 Å². The minimum absolute atomic E-state index is 1.13. The van der Waals surface area contributed by atoms with Crippen LogP contribution in [0.5, 0.6) is 0 Å². The van der Waals surface area contributed by atoms with Gasteiger partial charge in [0.05, 0.1) is 0 Å². The van der Waals surface area contributed by atoms with Gasteiger partial charge in [-0.15, -0.1) is 0 Å². The molecule has 2 heteroatoms. The molecular formula is C40H40P2. The second kappa shape index (κ2) is 10.8. The highest BCUT2D eigenvalue weighted by atomic mass is 31.2. The van der Waals surface area contributed by atoms with Crippen molar-refractivity contribution in [3.8, 4) is 22.3 Å². The van der Waals surface area contributed by atoms with Gasteiger partial charge in [0, 0.05) is 0 Å². The van der Waals surface area contributed by atoms with Gasteiger partial charge in [-0.25, -0.2) is 0 Å². The first-order valence-electron chi connectivity index (χ1n) is 15.5. The highest BCUT2D eigenvalue weighted by Gasteiger charge is 2.40. The van der Waals surface area contributed by atoms with Gasteiger partial charge in [0.2, 0.25) is 0 Å². The lowest BCUT2D eigenvalue weighted by Crippen LogP contribution is -2.24. The Morgan fingerprint density at radius 2 is 0.833 bits per heavy atom. The molecule has 2 unspecified atom stereocenters. The molecule has 0 saturated heterocycles. The molecular weight excluding hydrogens is 542 g/mol. The minimum atomic E-state index is -2.05. The monoisotopic (exact) mass is 582 g/mol. The highest BCUT2D eigenvalue weighted by molar-refractivity contribution is 7.95. The first-order valence-corrected chi connectivity index (χ1v) is 19.5. The topological polar surface area (TPSA) is 0 Å². The van der Waals surface area contributed by atoms with E-state index < -0.39 is 13.8 Å². The zero-order chi connectivity index (χ0) is 28.9. The maximum atomic E-state index is 5.17. The number of aryl methyl sites for hydroxylation is 2. The van der Waals surface area contributed by atoms with Gasteiger partial charge >= 0.3 is 0 Å². The molecule has 42 heavy (non-hydrogen) atoms. The van der Waals surface area contributed by atoms with Crippen molar-refractivity contribution in [1.82, 2.24) is 0 Å². The zero-order valence-electron chi connectivity index (χ0n) is 24.9. The number of benzene rings is 5. The third-order valence-electron chi connectivity index (χ3n) is 9.50. The summed E-state index contributed by atoms with van der Waals surface area (Å²) in [7, 11) is 0. The molecule has 2 aliphatic heterocycles. The van der Waals surface area contributed by atoms with Crippen LogP contribution in [0.2, 0.25) is 0 Å². The Morgan fingerprint density at radius 1 is 0.452 bits per heavy atom. The van der Waals surface area contributed by atoms with Gasteiger partial charge in [-0.3, -0.25) is 0 Å². The molecule has 7 rings (SSSR count). The van der Waals surface area contributed by atoms with Gasteiger partial charge in [-0.2, -0.15) is 0 Å². The number of unbranched alkanes of at least 4 members (excludes halogenated alkanes) is 2. The molecule has 0 spiro atoms. The largest absolute Gasteiger partial charge is 0.0886 e. The van der Waals surface area contributed by atoms with E-state index in [9.17, 15) is 0 Å². The molecule has 2 heterocycles. The molecule has 0 aliphatic carbocycles. The van der Waals surface area contributed by atoms with Crippen molar-refractivity contribution in [3.05, 3.63) is 120 Å². The summed E-state index contributed by atoms with van der Waals surface area (Å²) in [5.41, 5.74) is 8.38. The molecule has 0 bridgehead atoms.